The second-order valence-electron chi connectivity index (χ2n) is 4.49. The molecule has 0 unspecified atom stereocenters. The van der Waals surface area contributed by atoms with Gasteiger partial charge in [0.25, 0.3) is 0 Å². The lowest BCUT2D eigenvalue weighted by molar-refractivity contribution is 0.480. The topological polar surface area (TPSA) is 59.0 Å². The number of halogens is 1. The van der Waals surface area contributed by atoms with Crippen molar-refractivity contribution >= 4 is 11.6 Å². The minimum Gasteiger partial charge on any atom is -0.456 e. The number of ether oxygens (including phenoxy) is 1. The van der Waals surface area contributed by atoms with Crippen LogP contribution in [0.25, 0.3) is 0 Å². The van der Waals surface area contributed by atoms with Crippen LogP contribution in [0.4, 0.5) is 0 Å². The number of rotatable bonds is 4. The van der Waals surface area contributed by atoms with E-state index in [9.17, 15) is 5.26 Å². The lowest BCUT2D eigenvalue weighted by atomic mass is 10.1. The summed E-state index contributed by atoms with van der Waals surface area (Å²) < 4.78 is 5.76. The molecular formula is C16H15ClN2O. The highest BCUT2D eigenvalue weighted by Crippen LogP contribution is 2.28. The molecule has 0 radical (unpaired) electrons. The zero-order valence-electron chi connectivity index (χ0n) is 11.2. The van der Waals surface area contributed by atoms with E-state index in [1.165, 1.54) is 0 Å². The summed E-state index contributed by atoms with van der Waals surface area (Å²) in [6.07, 6.45) is 0.745. The first-order chi connectivity index (χ1) is 9.63. The molecule has 2 aromatic rings. The quantitative estimate of drug-likeness (QED) is 0.929. The van der Waals surface area contributed by atoms with E-state index in [4.69, 9.17) is 22.1 Å². The van der Waals surface area contributed by atoms with Crippen molar-refractivity contribution in [2.24, 2.45) is 5.73 Å². The first kappa shape index (κ1) is 14.4. The average molecular weight is 287 g/mol. The Hall–Kier alpha value is -2.02. The summed E-state index contributed by atoms with van der Waals surface area (Å²) in [6, 6.07) is 13.1. The number of aryl methyl sites for hydroxylation is 1. The van der Waals surface area contributed by atoms with Crippen molar-refractivity contribution in [3.05, 3.63) is 58.1 Å². The largest absolute Gasteiger partial charge is 0.456 e. The van der Waals surface area contributed by atoms with Gasteiger partial charge in [0.05, 0.1) is 5.56 Å². The molecule has 20 heavy (non-hydrogen) atoms. The second kappa shape index (κ2) is 6.42. The molecule has 0 fully saturated rings. The Balaban J connectivity index is 2.28. The number of nitrogens with zero attached hydrogens (tertiary/aromatic N) is 1. The standard InChI is InChI=1S/C16H15ClN2O/c1-11-8-14(3-4-15(11)17)20-16-5-2-12(6-7-18)9-13(16)10-19/h2-5,8-9H,6-7,18H2,1H3. The predicted molar refractivity (Wildman–Crippen MR) is 80.2 cm³/mol. The summed E-state index contributed by atoms with van der Waals surface area (Å²) in [7, 11) is 0. The normalized spacial score (nSPS) is 10.1. The zero-order valence-corrected chi connectivity index (χ0v) is 11.9. The summed E-state index contributed by atoms with van der Waals surface area (Å²) in [6.45, 7) is 2.46. The maximum atomic E-state index is 9.21. The third-order valence-corrected chi connectivity index (χ3v) is 3.38. The Morgan fingerprint density at radius 3 is 2.70 bits per heavy atom. The molecule has 2 N–H and O–H groups in total. The van der Waals surface area contributed by atoms with Gasteiger partial charge in [-0.25, -0.2) is 0 Å². The minimum atomic E-state index is 0.503. The molecule has 3 nitrogen and oxygen atoms in total. The molecule has 0 heterocycles. The fraction of sp³-hybridized carbons (Fsp3) is 0.188. The SMILES string of the molecule is Cc1cc(Oc2ccc(CCN)cc2C#N)ccc1Cl. The van der Waals surface area contributed by atoms with E-state index < -0.39 is 0 Å². The van der Waals surface area contributed by atoms with Gasteiger partial charge in [0.2, 0.25) is 0 Å². The van der Waals surface area contributed by atoms with Gasteiger partial charge in [0, 0.05) is 5.02 Å². The van der Waals surface area contributed by atoms with Crippen LogP contribution < -0.4 is 10.5 Å². The Morgan fingerprint density at radius 1 is 1.25 bits per heavy atom. The predicted octanol–water partition coefficient (Wildman–Crippen LogP) is 3.81. The van der Waals surface area contributed by atoms with Gasteiger partial charge in [0.15, 0.2) is 0 Å². The molecular weight excluding hydrogens is 272 g/mol. The van der Waals surface area contributed by atoms with Crippen LogP contribution in [0.3, 0.4) is 0 Å². The summed E-state index contributed by atoms with van der Waals surface area (Å²) >= 11 is 5.98. The smallest absolute Gasteiger partial charge is 0.145 e. The molecule has 0 saturated carbocycles. The number of benzene rings is 2. The van der Waals surface area contributed by atoms with Crippen molar-refractivity contribution in [3.8, 4) is 17.6 Å². The minimum absolute atomic E-state index is 0.503. The van der Waals surface area contributed by atoms with Gasteiger partial charge in [-0.05, 0) is 61.3 Å². The zero-order chi connectivity index (χ0) is 14.5. The molecule has 4 heteroatoms. The molecule has 0 aliphatic carbocycles. The number of hydrogen-bond donors (Lipinski definition) is 1. The molecule has 0 amide bonds. The Morgan fingerprint density at radius 2 is 2.05 bits per heavy atom. The van der Waals surface area contributed by atoms with Gasteiger partial charge in [-0.15, -0.1) is 0 Å². The van der Waals surface area contributed by atoms with Crippen molar-refractivity contribution in [1.82, 2.24) is 0 Å². The van der Waals surface area contributed by atoms with E-state index in [2.05, 4.69) is 6.07 Å². The van der Waals surface area contributed by atoms with Gasteiger partial charge in [-0.2, -0.15) is 5.26 Å². The molecule has 0 bridgehead atoms. The van der Waals surface area contributed by atoms with Crippen LogP contribution in [0, 0.1) is 18.3 Å². The van der Waals surface area contributed by atoms with E-state index in [0.717, 1.165) is 17.5 Å². The number of nitrogens with two attached hydrogens (primary N) is 1. The van der Waals surface area contributed by atoms with Crippen molar-refractivity contribution < 1.29 is 4.74 Å². The van der Waals surface area contributed by atoms with Crippen LogP contribution in [0.15, 0.2) is 36.4 Å². The van der Waals surface area contributed by atoms with Gasteiger partial charge in [0.1, 0.15) is 17.6 Å². The molecule has 0 spiro atoms. The summed E-state index contributed by atoms with van der Waals surface area (Å²) in [4.78, 5) is 0. The second-order valence-corrected chi connectivity index (χ2v) is 4.90. The third kappa shape index (κ3) is 3.30. The molecule has 0 saturated heterocycles. The van der Waals surface area contributed by atoms with Crippen molar-refractivity contribution in [3.63, 3.8) is 0 Å². The molecule has 2 aromatic carbocycles. The number of hydrogen-bond acceptors (Lipinski definition) is 3. The fourth-order valence-electron chi connectivity index (χ4n) is 1.88. The highest BCUT2D eigenvalue weighted by atomic mass is 35.5. The summed E-state index contributed by atoms with van der Waals surface area (Å²) in [5.41, 5.74) is 7.99. The van der Waals surface area contributed by atoms with Crippen LogP contribution >= 0.6 is 11.6 Å². The van der Waals surface area contributed by atoms with Crippen LogP contribution in [0.2, 0.25) is 5.02 Å². The van der Waals surface area contributed by atoms with Crippen molar-refractivity contribution in [1.29, 1.82) is 5.26 Å². The highest BCUT2D eigenvalue weighted by Gasteiger charge is 2.07. The first-order valence-electron chi connectivity index (χ1n) is 6.31. The fourth-order valence-corrected chi connectivity index (χ4v) is 2.00. The van der Waals surface area contributed by atoms with Crippen LogP contribution in [0.5, 0.6) is 11.5 Å². The highest BCUT2D eigenvalue weighted by molar-refractivity contribution is 6.31. The van der Waals surface area contributed by atoms with Crippen molar-refractivity contribution in [2.45, 2.75) is 13.3 Å². The maximum absolute atomic E-state index is 9.21. The third-order valence-electron chi connectivity index (χ3n) is 2.95. The van der Waals surface area contributed by atoms with E-state index in [1.54, 1.807) is 18.2 Å². The lowest BCUT2D eigenvalue weighted by Crippen LogP contribution is -2.03. The van der Waals surface area contributed by atoms with Crippen LogP contribution in [0.1, 0.15) is 16.7 Å². The Bertz CT molecular complexity index is 662. The Kier molecular flexibility index (Phi) is 4.62. The average Bonchev–Trinajstić information content (AvgIpc) is 2.45. The van der Waals surface area contributed by atoms with Crippen LogP contribution in [-0.2, 0) is 6.42 Å². The Labute approximate surface area is 123 Å². The summed E-state index contributed by atoms with van der Waals surface area (Å²) in [5, 5.41) is 9.90. The van der Waals surface area contributed by atoms with E-state index >= 15 is 0 Å². The monoisotopic (exact) mass is 286 g/mol. The molecule has 2 rings (SSSR count). The first-order valence-corrected chi connectivity index (χ1v) is 6.69. The van der Waals surface area contributed by atoms with Gasteiger partial charge in [-0.1, -0.05) is 17.7 Å². The van der Waals surface area contributed by atoms with E-state index in [0.29, 0.717) is 28.6 Å². The van der Waals surface area contributed by atoms with Crippen molar-refractivity contribution in [2.75, 3.05) is 6.54 Å². The number of nitriles is 1. The molecule has 0 aromatic heterocycles. The van der Waals surface area contributed by atoms with Gasteiger partial charge >= 0.3 is 0 Å². The van der Waals surface area contributed by atoms with Crippen LogP contribution in [-0.4, -0.2) is 6.54 Å². The molecule has 0 atom stereocenters. The summed E-state index contributed by atoms with van der Waals surface area (Å²) in [5.74, 6) is 1.20. The van der Waals surface area contributed by atoms with E-state index in [-0.39, 0.29) is 0 Å². The van der Waals surface area contributed by atoms with Gasteiger partial charge in [-0.3, -0.25) is 0 Å². The molecule has 0 aliphatic heterocycles. The van der Waals surface area contributed by atoms with Gasteiger partial charge < -0.3 is 10.5 Å². The lowest BCUT2D eigenvalue weighted by Gasteiger charge is -2.10. The molecule has 102 valence electrons. The maximum Gasteiger partial charge on any atom is 0.145 e. The molecule has 0 aliphatic rings. The van der Waals surface area contributed by atoms with E-state index in [1.807, 2.05) is 25.1 Å².